The monoisotopic (exact) mass is 250 g/mol. The first-order valence-electron chi connectivity index (χ1n) is 5.90. The summed E-state index contributed by atoms with van der Waals surface area (Å²) in [6.45, 7) is 2.75. The summed E-state index contributed by atoms with van der Waals surface area (Å²) in [6, 6.07) is 0.00897. The molecule has 100 valence electrons. The average Bonchev–Trinajstić information content (AvgIpc) is 2.27. The lowest BCUT2D eigenvalue weighted by molar-refractivity contribution is -0.134. The summed E-state index contributed by atoms with van der Waals surface area (Å²) >= 11 is 0. The van der Waals surface area contributed by atoms with Crippen molar-refractivity contribution < 1.29 is 18.3 Å². The summed E-state index contributed by atoms with van der Waals surface area (Å²) in [5.74, 6) is 0.357. The lowest BCUT2D eigenvalue weighted by atomic mass is 9.94. The Bertz CT molecular complexity index is 252. The minimum Gasteiger partial charge on any atom is -0.375 e. The number of carbonyl (C=O) groups excluding carboxylic acids is 1. The van der Waals surface area contributed by atoms with E-state index < -0.39 is 13.0 Å². The van der Waals surface area contributed by atoms with Gasteiger partial charge in [-0.15, -0.1) is 0 Å². The van der Waals surface area contributed by atoms with Crippen LogP contribution in [0.25, 0.3) is 0 Å². The normalized spacial score (nSPS) is 25.4. The molecule has 4 nitrogen and oxygen atoms in total. The number of ether oxygens (including phenoxy) is 1. The van der Waals surface area contributed by atoms with E-state index in [0.29, 0.717) is 19.0 Å². The maximum atomic E-state index is 11.8. The summed E-state index contributed by atoms with van der Waals surface area (Å²) in [5.41, 5.74) is 5.88. The fraction of sp³-hybridized carbons (Fsp3) is 0.909. The molecule has 0 saturated carbocycles. The highest BCUT2D eigenvalue weighted by Gasteiger charge is 2.25. The molecular formula is C11H20F2N2O2. The highest BCUT2D eigenvalue weighted by Crippen LogP contribution is 2.16. The number of carbonyl (C=O) groups is 1. The number of rotatable bonds is 5. The first-order chi connectivity index (χ1) is 8.00. The Morgan fingerprint density at radius 2 is 2.29 bits per heavy atom. The van der Waals surface area contributed by atoms with Crippen molar-refractivity contribution in [3.05, 3.63) is 0 Å². The van der Waals surface area contributed by atoms with Gasteiger partial charge in [0.1, 0.15) is 6.61 Å². The van der Waals surface area contributed by atoms with Crippen molar-refractivity contribution in [3.8, 4) is 0 Å². The van der Waals surface area contributed by atoms with Crippen LogP contribution in [0, 0.1) is 5.92 Å². The van der Waals surface area contributed by atoms with Crippen molar-refractivity contribution >= 4 is 5.91 Å². The predicted octanol–water partition coefficient (Wildman–Crippen LogP) is 0.854. The van der Waals surface area contributed by atoms with Gasteiger partial charge in [-0.3, -0.25) is 4.79 Å². The topological polar surface area (TPSA) is 55.6 Å². The molecule has 1 aliphatic rings. The molecule has 1 rings (SSSR count). The highest BCUT2D eigenvalue weighted by molar-refractivity contribution is 5.76. The summed E-state index contributed by atoms with van der Waals surface area (Å²) in [5, 5.41) is 0. The molecule has 0 aliphatic carbocycles. The van der Waals surface area contributed by atoms with Crippen molar-refractivity contribution in [2.24, 2.45) is 11.7 Å². The van der Waals surface area contributed by atoms with Crippen molar-refractivity contribution in [2.75, 3.05) is 26.3 Å². The number of nitrogens with two attached hydrogens (primary N) is 1. The third-order valence-electron chi connectivity index (χ3n) is 3.07. The van der Waals surface area contributed by atoms with Crippen LogP contribution in [-0.4, -0.2) is 49.6 Å². The Kier molecular flexibility index (Phi) is 5.77. The van der Waals surface area contributed by atoms with Gasteiger partial charge in [0.25, 0.3) is 6.43 Å². The van der Waals surface area contributed by atoms with E-state index in [0.717, 1.165) is 6.42 Å². The number of halogens is 2. The van der Waals surface area contributed by atoms with E-state index in [1.54, 1.807) is 4.90 Å². The van der Waals surface area contributed by atoms with Crippen molar-refractivity contribution in [2.45, 2.75) is 32.2 Å². The van der Waals surface area contributed by atoms with Gasteiger partial charge in [-0.2, -0.15) is 0 Å². The minimum absolute atomic E-state index is 0.00897. The van der Waals surface area contributed by atoms with Gasteiger partial charge in [0, 0.05) is 19.1 Å². The van der Waals surface area contributed by atoms with Gasteiger partial charge in [0.15, 0.2) is 0 Å². The second-order valence-electron chi connectivity index (χ2n) is 4.49. The number of amides is 1. The fourth-order valence-electron chi connectivity index (χ4n) is 1.82. The van der Waals surface area contributed by atoms with E-state index in [1.807, 2.05) is 0 Å². The third-order valence-corrected chi connectivity index (χ3v) is 3.07. The Labute approximate surface area is 100 Å². The molecule has 1 fully saturated rings. The molecular weight excluding hydrogens is 230 g/mol. The van der Waals surface area contributed by atoms with Crippen LogP contribution < -0.4 is 5.73 Å². The minimum atomic E-state index is -2.48. The largest absolute Gasteiger partial charge is 0.375 e. The van der Waals surface area contributed by atoms with Crippen LogP contribution in [0.1, 0.15) is 19.8 Å². The van der Waals surface area contributed by atoms with Gasteiger partial charge in [0.05, 0.1) is 13.0 Å². The molecule has 0 aromatic heterocycles. The van der Waals surface area contributed by atoms with Crippen molar-refractivity contribution in [3.63, 3.8) is 0 Å². The second-order valence-corrected chi connectivity index (χ2v) is 4.49. The van der Waals surface area contributed by atoms with E-state index in [9.17, 15) is 13.6 Å². The van der Waals surface area contributed by atoms with E-state index in [-0.39, 0.29) is 25.0 Å². The van der Waals surface area contributed by atoms with Crippen LogP contribution in [-0.2, 0) is 9.53 Å². The van der Waals surface area contributed by atoms with Crippen LogP contribution in [0.4, 0.5) is 8.78 Å². The lowest BCUT2D eigenvalue weighted by Gasteiger charge is -2.35. The Morgan fingerprint density at radius 1 is 1.59 bits per heavy atom. The molecule has 0 aromatic rings. The molecule has 0 spiro atoms. The predicted molar refractivity (Wildman–Crippen MR) is 59.8 cm³/mol. The number of likely N-dealkylation sites (tertiary alicyclic amines) is 1. The molecule has 2 N–H and O–H groups in total. The molecule has 1 aliphatic heterocycles. The Hall–Kier alpha value is -0.750. The van der Waals surface area contributed by atoms with Crippen molar-refractivity contribution in [1.29, 1.82) is 0 Å². The van der Waals surface area contributed by atoms with E-state index in [2.05, 4.69) is 11.7 Å². The second kappa shape index (κ2) is 6.86. The molecule has 0 radical (unpaired) electrons. The van der Waals surface area contributed by atoms with E-state index >= 15 is 0 Å². The third kappa shape index (κ3) is 4.95. The van der Waals surface area contributed by atoms with Crippen LogP contribution in [0.2, 0.25) is 0 Å². The first kappa shape index (κ1) is 14.3. The zero-order valence-corrected chi connectivity index (χ0v) is 10.1. The van der Waals surface area contributed by atoms with Gasteiger partial charge in [-0.25, -0.2) is 8.78 Å². The van der Waals surface area contributed by atoms with Crippen LogP contribution >= 0.6 is 0 Å². The summed E-state index contributed by atoms with van der Waals surface area (Å²) < 4.78 is 28.2. The van der Waals surface area contributed by atoms with Crippen LogP contribution in [0.15, 0.2) is 0 Å². The number of hydrogen-bond donors (Lipinski definition) is 1. The zero-order chi connectivity index (χ0) is 12.8. The molecule has 6 heteroatoms. The molecule has 2 unspecified atom stereocenters. The molecule has 2 atom stereocenters. The Morgan fingerprint density at radius 3 is 2.88 bits per heavy atom. The quantitative estimate of drug-likeness (QED) is 0.736. The number of alkyl halides is 2. The summed E-state index contributed by atoms with van der Waals surface area (Å²) in [6.07, 6.45) is -1.44. The van der Waals surface area contributed by atoms with Crippen LogP contribution in [0.3, 0.4) is 0 Å². The molecule has 0 aromatic carbocycles. The zero-order valence-electron chi connectivity index (χ0n) is 10.1. The molecule has 1 saturated heterocycles. The van der Waals surface area contributed by atoms with Crippen LogP contribution in [0.5, 0.6) is 0 Å². The Balaban J connectivity index is 2.19. The highest BCUT2D eigenvalue weighted by atomic mass is 19.3. The van der Waals surface area contributed by atoms with E-state index in [1.165, 1.54) is 0 Å². The molecule has 1 heterocycles. The molecule has 17 heavy (non-hydrogen) atoms. The summed E-state index contributed by atoms with van der Waals surface area (Å²) in [4.78, 5) is 13.4. The van der Waals surface area contributed by atoms with Gasteiger partial charge in [0.2, 0.25) is 5.91 Å². The lowest BCUT2D eigenvalue weighted by Crippen LogP contribution is -2.49. The SMILES string of the molecule is CC1CCN(C(=O)CCOCC(F)F)CC1N. The fourth-order valence-corrected chi connectivity index (χ4v) is 1.82. The standard InChI is InChI=1S/C11H20F2N2O2/c1-8-2-4-15(6-9(8)14)11(16)3-5-17-7-10(12)13/h8-10H,2-7,14H2,1H3. The smallest absolute Gasteiger partial charge is 0.261 e. The van der Waals surface area contributed by atoms with E-state index in [4.69, 9.17) is 5.73 Å². The number of nitrogens with zero attached hydrogens (tertiary/aromatic N) is 1. The maximum Gasteiger partial charge on any atom is 0.261 e. The molecule has 1 amide bonds. The average molecular weight is 250 g/mol. The maximum absolute atomic E-state index is 11.8. The van der Waals surface area contributed by atoms with Gasteiger partial charge in [-0.05, 0) is 12.3 Å². The van der Waals surface area contributed by atoms with Gasteiger partial charge in [-0.1, -0.05) is 6.92 Å². The number of hydrogen-bond acceptors (Lipinski definition) is 3. The van der Waals surface area contributed by atoms with Gasteiger partial charge < -0.3 is 15.4 Å². The number of piperidine rings is 1. The first-order valence-corrected chi connectivity index (χ1v) is 5.90. The van der Waals surface area contributed by atoms with Gasteiger partial charge >= 0.3 is 0 Å². The van der Waals surface area contributed by atoms with Crippen molar-refractivity contribution in [1.82, 2.24) is 4.90 Å². The molecule has 0 bridgehead atoms. The summed E-state index contributed by atoms with van der Waals surface area (Å²) in [7, 11) is 0.